The summed E-state index contributed by atoms with van der Waals surface area (Å²) in [4.78, 5) is 5.25. The molecule has 6 heteroatoms. The first-order valence-corrected chi connectivity index (χ1v) is 5.84. The number of hydrogen-bond acceptors (Lipinski definition) is 3. The van der Waals surface area contributed by atoms with Gasteiger partial charge in [-0.25, -0.2) is 4.98 Å². The van der Waals surface area contributed by atoms with E-state index in [2.05, 4.69) is 4.98 Å². The maximum absolute atomic E-state index is 12.5. The Kier molecular flexibility index (Phi) is 3.47. The Bertz CT molecular complexity index is 416. The van der Waals surface area contributed by atoms with Gasteiger partial charge in [-0.1, -0.05) is 0 Å². The molecule has 0 bridgehead atoms. The Labute approximate surface area is 103 Å². The molecular formula is C12H15F3N2O. The van der Waals surface area contributed by atoms with Crippen molar-refractivity contribution in [2.45, 2.75) is 38.1 Å². The first kappa shape index (κ1) is 13.1. The Morgan fingerprint density at radius 3 is 2.67 bits per heavy atom. The molecule has 2 rings (SSSR count). The summed E-state index contributed by atoms with van der Waals surface area (Å²) >= 11 is 0. The molecule has 0 radical (unpaired) electrons. The number of halogens is 3. The molecule has 0 unspecified atom stereocenters. The molecule has 1 atom stereocenters. The number of anilines is 1. The highest BCUT2D eigenvalue weighted by atomic mass is 19.4. The van der Waals surface area contributed by atoms with Gasteiger partial charge in [0.2, 0.25) is 0 Å². The minimum atomic E-state index is -4.24. The van der Waals surface area contributed by atoms with Crippen molar-refractivity contribution in [2.75, 3.05) is 11.4 Å². The van der Waals surface area contributed by atoms with Gasteiger partial charge in [0.05, 0.1) is 6.10 Å². The quantitative estimate of drug-likeness (QED) is 0.904. The van der Waals surface area contributed by atoms with E-state index in [0.717, 1.165) is 12.8 Å². The zero-order chi connectivity index (χ0) is 13.3. The predicted molar refractivity (Wildman–Crippen MR) is 61.3 cm³/mol. The lowest BCUT2D eigenvalue weighted by Crippen LogP contribution is -2.36. The molecule has 1 aliphatic carbocycles. The van der Waals surface area contributed by atoms with Crippen molar-refractivity contribution in [3.05, 3.63) is 23.9 Å². The number of aliphatic hydroxyl groups is 1. The molecule has 1 saturated carbocycles. The van der Waals surface area contributed by atoms with Crippen LogP contribution in [0, 0.1) is 0 Å². The Hall–Kier alpha value is -1.30. The van der Waals surface area contributed by atoms with Gasteiger partial charge in [0.25, 0.3) is 0 Å². The average Bonchev–Trinajstić information content (AvgIpc) is 3.08. The van der Waals surface area contributed by atoms with Crippen molar-refractivity contribution < 1.29 is 18.3 Å². The van der Waals surface area contributed by atoms with Gasteiger partial charge >= 0.3 is 6.18 Å². The maximum atomic E-state index is 12.5. The molecule has 18 heavy (non-hydrogen) atoms. The summed E-state index contributed by atoms with van der Waals surface area (Å²) in [5, 5.41) is 9.45. The van der Waals surface area contributed by atoms with Gasteiger partial charge < -0.3 is 10.0 Å². The third-order valence-corrected chi connectivity index (χ3v) is 2.88. The topological polar surface area (TPSA) is 36.4 Å². The molecule has 0 saturated heterocycles. The van der Waals surface area contributed by atoms with E-state index in [1.165, 1.54) is 17.2 Å². The lowest BCUT2D eigenvalue weighted by molar-refractivity contribution is -0.120. The fourth-order valence-corrected chi connectivity index (χ4v) is 1.83. The fraction of sp³-hybridized carbons (Fsp3) is 0.583. The summed E-state index contributed by atoms with van der Waals surface area (Å²) in [5.74, 6) is 0.285. The first-order chi connectivity index (χ1) is 8.37. The van der Waals surface area contributed by atoms with Gasteiger partial charge in [0.15, 0.2) is 0 Å². The third-order valence-electron chi connectivity index (χ3n) is 2.88. The number of aromatic nitrogens is 1. The van der Waals surface area contributed by atoms with Crippen molar-refractivity contribution in [3.8, 4) is 0 Å². The fourth-order valence-electron chi connectivity index (χ4n) is 1.83. The van der Waals surface area contributed by atoms with E-state index in [9.17, 15) is 18.3 Å². The lowest BCUT2D eigenvalue weighted by Gasteiger charge is -2.25. The number of pyridine rings is 1. The highest BCUT2D eigenvalue weighted by Gasteiger charge is 2.38. The van der Waals surface area contributed by atoms with E-state index in [1.807, 2.05) is 0 Å². The zero-order valence-electron chi connectivity index (χ0n) is 9.98. The largest absolute Gasteiger partial charge is 0.405 e. The van der Waals surface area contributed by atoms with Crippen LogP contribution in [0.2, 0.25) is 0 Å². The summed E-state index contributed by atoms with van der Waals surface area (Å²) in [6.45, 7) is 0.582. The van der Waals surface area contributed by atoms with Gasteiger partial charge in [-0.3, -0.25) is 0 Å². The molecule has 1 N–H and O–H groups in total. The van der Waals surface area contributed by atoms with Crippen LogP contribution in [0.4, 0.5) is 19.0 Å². The van der Waals surface area contributed by atoms with Crippen LogP contribution in [0.3, 0.4) is 0 Å². The second kappa shape index (κ2) is 4.76. The summed E-state index contributed by atoms with van der Waals surface area (Å²) in [7, 11) is 0. The normalized spacial score (nSPS) is 17.6. The lowest BCUT2D eigenvalue weighted by atomic mass is 10.1. The number of hydrogen-bond donors (Lipinski definition) is 1. The molecule has 1 aromatic heterocycles. The van der Waals surface area contributed by atoms with Crippen LogP contribution < -0.4 is 4.90 Å². The standard InChI is InChI=1S/C12H15F3N2O/c1-8(18)9-4-5-16-11(6-9)17(10-2-3-10)7-12(13,14)15/h4-6,8,10,18H,2-3,7H2,1H3/t8-/m0/s1. The van der Waals surface area contributed by atoms with Crippen molar-refractivity contribution in [1.29, 1.82) is 0 Å². The van der Waals surface area contributed by atoms with Crippen LogP contribution in [0.1, 0.15) is 31.4 Å². The molecule has 0 spiro atoms. The van der Waals surface area contributed by atoms with Crippen LogP contribution in [-0.4, -0.2) is 28.9 Å². The summed E-state index contributed by atoms with van der Waals surface area (Å²) < 4.78 is 37.6. The number of aliphatic hydroxyl groups excluding tert-OH is 1. The maximum Gasteiger partial charge on any atom is 0.405 e. The molecule has 1 aromatic rings. The molecule has 1 heterocycles. The summed E-state index contributed by atoms with van der Waals surface area (Å²) in [6, 6.07) is 3.05. The third kappa shape index (κ3) is 3.35. The van der Waals surface area contributed by atoms with Crippen molar-refractivity contribution >= 4 is 5.82 Å². The Morgan fingerprint density at radius 2 is 2.17 bits per heavy atom. The van der Waals surface area contributed by atoms with Crippen LogP contribution >= 0.6 is 0 Å². The van der Waals surface area contributed by atoms with Gasteiger partial charge in [-0.2, -0.15) is 13.2 Å². The van der Waals surface area contributed by atoms with Crippen LogP contribution in [0.5, 0.6) is 0 Å². The van der Waals surface area contributed by atoms with Gasteiger partial charge in [-0.15, -0.1) is 0 Å². The number of nitrogens with zero attached hydrogens (tertiary/aromatic N) is 2. The first-order valence-electron chi connectivity index (χ1n) is 5.84. The van der Waals surface area contributed by atoms with E-state index >= 15 is 0 Å². The highest BCUT2D eigenvalue weighted by Crippen LogP contribution is 2.34. The van der Waals surface area contributed by atoms with Gasteiger partial charge in [0.1, 0.15) is 12.4 Å². The van der Waals surface area contributed by atoms with Crippen LogP contribution in [-0.2, 0) is 0 Å². The molecule has 1 fully saturated rings. The predicted octanol–water partition coefficient (Wildman–Crippen LogP) is 2.67. The summed E-state index contributed by atoms with van der Waals surface area (Å²) in [5.41, 5.74) is 0.577. The van der Waals surface area contributed by atoms with Gasteiger partial charge in [0, 0.05) is 12.2 Å². The van der Waals surface area contributed by atoms with Crippen LogP contribution in [0.25, 0.3) is 0 Å². The van der Waals surface area contributed by atoms with Crippen molar-refractivity contribution in [1.82, 2.24) is 4.98 Å². The highest BCUT2D eigenvalue weighted by molar-refractivity contribution is 5.44. The van der Waals surface area contributed by atoms with Crippen molar-refractivity contribution in [3.63, 3.8) is 0 Å². The minimum Gasteiger partial charge on any atom is -0.389 e. The van der Waals surface area contributed by atoms with Gasteiger partial charge in [-0.05, 0) is 37.5 Å². The number of rotatable bonds is 4. The average molecular weight is 260 g/mol. The molecule has 0 aliphatic heterocycles. The van der Waals surface area contributed by atoms with E-state index in [1.54, 1.807) is 13.0 Å². The second-order valence-corrected chi connectivity index (χ2v) is 4.60. The van der Waals surface area contributed by atoms with Crippen molar-refractivity contribution in [2.24, 2.45) is 0 Å². The monoisotopic (exact) mass is 260 g/mol. The molecule has 1 aliphatic rings. The Balaban J connectivity index is 2.22. The molecule has 100 valence electrons. The zero-order valence-corrected chi connectivity index (χ0v) is 9.98. The molecular weight excluding hydrogens is 245 g/mol. The van der Waals surface area contributed by atoms with E-state index in [0.29, 0.717) is 5.56 Å². The molecule has 3 nitrogen and oxygen atoms in total. The second-order valence-electron chi connectivity index (χ2n) is 4.60. The Morgan fingerprint density at radius 1 is 1.50 bits per heavy atom. The minimum absolute atomic E-state index is 0.0802. The number of alkyl halides is 3. The summed E-state index contributed by atoms with van der Waals surface area (Å²) in [6.07, 6.45) is -2.00. The van der Waals surface area contributed by atoms with Crippen LogP contribution in [0.15, 0.2) is 18.3 Å². The molecule has 0 aromatic carbocycles. The smallest absolute Gasteiger partial charge is 0.389 e. The molecule has 0 amide bonds. The van der Waals surface area contributed by atoms with E-state index < -0.39 is 18.8 Å². The SMILES string of the molecule is C[C@H](O)c1ccnc(N(CC(F)(F)F)C2CC2)c1. The van der Waals surface area contributed by atoms with E-state index in [-0.39, 0.29) is 11.9 Å². The van der Waals surface area contributed by atoms with E-state index in [4.69, 9.17) is 0 Å².